The van der Waals surface area contributed by atoms with Gasteiger partial charge in [-0.05, 0) is 39.3 Å². The molecule has 5 rings (SSSR count). The summed E-state index contributed by atoms with van der Waals surface area (Å²) in [4.78, 5) is 38.6. The van der Waals surface area contributed by atoms with Crippen molar-refractivity contribution < 1.29 is 23.1 Å². The largest absolute Gasteiger partial charge is 0.434 e. The number of carbonyl (C=O) groups is 2. The van der Waals surface area contributed by atoms with Crippen LogP contribution in [0.2, 0.25) is 0 Å². The highest BCUT2D eigenvalue weighted by molar-refractivity contribution is 5.93. The Morgan fingerprint density at radius 2 is 2.00 bits per heavy atom. The second kappa shape index (κ2) is 10.6. The lowest BCUT2D eigenvalue weighted by atomic mass is 9.92. The van der Waals surface area contributed by atoms with Crippen molar-refractivity contribution >= 4 is 17.6 Å². The van der Waals surface area contributed by atoms with Crippen molar-refractivity contribution in [1.29, 1.82) is 0 Å². The molecule has 2 aliphatic rings. The number of hydrogen-bond donors (Lipinski definition) is 1. The van der Waals surface area contributed by atoms with E-state index in [1.807, 2.05) is 28.2 Å². The third-order valence-electron chi connectivity index (χ3n) is 7.29. The summed E-state index contributed by atoms with van der Waals surface area (Å²) in [6, 6.07) is 2.45. The minimum atomic E-state index is -0.865. The summed E-state index contributed by atoms with van der Waals surface area (Å²) in [6.07, 6.45) is 5.69. The molecule has 0 unspecified atom stereocenters. The van der Waals surface area contributed by atoms with Crippen LogP contribution >= 0.6 is 0 Å². The molecule has 1 fully saturated rings. The number of nitrogens with zero attached hydrogens (tertiary/aromatic N) is 7. The minimum absolute atomic E-state index is 0.00687. The summed E-state index contributed by atoms with van der Waals surface area (Å²) >= 11 is 0. The molecule has 0 radical (unpaired) electrons. The Morgan fingerprint density at radius 3 is 2.72 bits per heavy atom. The van der Waals surface area contributed by atoms with Crippen molar-refractivity contribution in [2.75, 3.05) is 25.0 Å². The van der Waals surface area contributed by atoms with Gasteiger partial charge in [-0.3, -0.25) is 14.5 Å². The molecule has 39 heavy (non-hydrogen) atoms. The Labute approximate surface area is 224 Å². The average molecular weight is 541 g/mol. The number of benzene rings is 1. The van der Waals surface area contributed by atoms with Gasteiger partial charge >= 0.3 is 0 Å². The van der Waals surface area contributed by atoms with Crippen molar-refractivity contribution in [3.05, 3.63) is 54.4 Å². The second-order valence-corrected chi connectivity index (χ2v) is 10.5. The Hall–Kier alpha value is -4.00. The molecule has 1 saturated heterocycles. The first-order chi connectivity index (χ1) is 18.6. The van der Waals surface area contributed by atoms with Gasteiger partial charge in [0.05, 0.1) is 29.9 Å². The Morgan fingerprint density at radius 1 is 1.18 bits per heavy atom. The van der Waals surface area contributed by atoms with Crippen LogP contribution in [0.1, 0.15) is 33.0 Å². The van der Waals surface area contributed by atoms with E-state index < -0.39 is 23.2 Å². The molecule has 4 heterocycles. The molecule has 0 bridgehead atoms. The van der Waals surface area contributed by atoms with Crippen LogP contribution in [0, 0.1) is 17.6 Å². The van der Waals surface area contributed by atoms with Crippen molar-refractivity contribution in [3.8, 4) is 11.6 Å². The van der Waals surface area contributed by atoms with Crippen molar-refractivity contribution in [2.45, 2.75) is 51.7 Å². The van der Waals surface area contributed by atoms with Crippen molar-refractivity contribution in [2.24, 2.45) is 5.92 Å². The van der Waals surface area contributed by atoms with Gasteiger partial charge in [0.1, 0.15) is 18.0 Å². The van der Waals surface area contributed by atoms with Crippen molar-refractivity contribution in [1.82, 2.24) is 34.5 Å². The first kappa shape index (κ1) is 26.6. The molecule has 2 atom stereocenters. The van der Waals surface area contributed by atoms with Gasteiger partial charge in [0, 0.05) is 38.7 Å². The highest BCUT2D eigenvalue weighted by Gasteiger charge is 2.42. The number of hydrogen-bond acceptors (Lipinski definition) is 8. The molecule has 11 nitrogen and oxygen atoms in total. The van der Waals surface area contributed by atoms with Crippen LogP contribution in [0.3, 0.4) is 0 Å². The molecule has 2 amide bonds. The summed E-state index contributed by atoms with van der Waals surface area (Å²) < 4.78 is 34.1. The Balaban J connectivity index is 1.16. The number of halogens is 2. The van der Waals surface area contributed by atoms with E-state index in [0.29, 0.717) is 32.2 Å². The van der Waals surface area contributed by atoms with Crippen LogP contribution in [-0.2, 0) is 22.6 Å². The summed E-state index contributed by atoms with van der Waals surface area (Å²) in [5.74, 6) is -0.934. The predicted molar refractivity (Wildman–Crippen MR) is 136 cm³/mol. The number of ether oxygens (including phenoxy) is 1. The number of anilines is 1. The normalized spacial score (nSPS) is 19.7. The molecule has 0 aliphatic carbocycles. The molecule has 3 aromatic rings. The smallest absolute Gasteiger partial charge is 0.242 e. The van der Waals surface area contributed by atoms with Gasteiger partial charge in [0.15, 0.2) is 17.4 Å². The van der Waals surface area contributed by atoms with E-state index in [2.05, 4.69) is 25.5 Å². The molecule has 1 N–H and O–H groups in total. The number of rotatable bonds is 6. The Kier molecular flexibility index (Phi) is 7.25. The molecule has 1 aromatic carbocycles. The van der Waals surface area contributed by atoms with E-state index in [1.165, 1.54) is 12.4 Å². The van der Waals surface area contributed by atoms with E-state index in [4.69, 9.17) is 4.74 Å². The van der Waals surface area contributed by atoms with Gasteiger partial charge in [-0.25, -0.2) is 18.7 Å². The summed E-state index contributed by atoms with van der Waals surface area (Å²) in [5, 5.41) is 10.8. The fourth-order valence-corrected chi connectivity index (χ4v) is 5.11. The molecule has 13 heteroatoms. The first-order valence-corrected chi connectivity index (χ1v) is 12.8. The second-order valence-electron chi connectivity index (χ2n) is 10.5. The van der Waals surface area contributed by atoms with Crippen LogP contribution in [0.5, 0.6) is 11.6 Å². The van der Waals surface area contributed by atoms with E-state index >= 15 is 0 Å². The maximum atomic E-state index is 13.8. The first-order valence-electron chi connectivity index (χ1n) is 12.8. The molecular weight excluding hydrogens is 510 g/mol. The molecule has 206 valence electrons. The van der Waals surface area contributed by atoms with Crippen LogP contribution < -0.4 is 10.1 Å². The predicted octanol–water partition coefficient (Wildman–Crippen LogP) is 2.65. The summed E-state index contributed by atoms with van der Waals surface area (Å²) in [6.45, 7) is 8.02. The zero-order valence-corrected chi connectivity index (χ0v) is 22.0. The lowest BCUT2D eigenvalue weighted by molar-refractivity contribution is -0.147. The number of amides is 2. The average Bonchev–Trinajstić information content (AvgIpc) is 3.38. The van der Waals surface area contributed by atoms with Crippen LogP contribution in [0.25, 0.3) is 0 Å². The number of piperazine rings is 1. The molecule has 0 spiro atoms. The molecule has 2 aromatic heterocycles. The zero-order chi connectivity index (χ0) is 27.7. The minimum Gasteiger partial charge on any atom is -0.434 e. The van der Waals surface area contributed by atoms with Crippen LogP contribution in [-0.4, -0.2) is 77.6 Å². The zero-order valence-electron chi connectivity index (χ0n) is 22.0. The van der Waals surface area contributed by atoms with Gasteiger partial charge in [-0.15, -0.1) is 10.2 Å². The summed E-state index contributed by atoms with van der Waals surface area (Å²) in [7, 11) is 0. The highest BCUT2D eigenvalue weighted by atomic mass is 19.1. The fourth-order valence-electron chi connectivity index (χ4n) is 5.11. The standard InChI is InChI=1S/C26H30F2N8O3/c1-16(24(37)32-21-11-30-23(12-29-21)39-20-6-5-18(27)10-19(20)28)34-8-9-36(26(2,3)14-34)25(38)17-4-7-22-33-31-15-35(22)13-17/h5-6,10-12,15-17H,4,7-9,13-14H2,1-3H3,(H,29,32,37)/t16-,17+/m0/s1. The molecule has 0 saturated carbocycles. The Bertz CT molecular complexity index is 1360. The number of aryl methyl sites for hydroxylation is 1. The number of carbonyl (C=O) groups excluding carboxylic acids is 2. The quantitative estimate of drug-likeness (QED) is 0.507. The fraction of sp³-hybridized carbons (Fsp3) is 0.462. The van der Waals surface area contributed by atoms with Gasteiger partial charge in [-0.1, -0.05) is 0 Å². The highest BCUT2D eigenvalue weighted by Crippen LogP contribution is 2.28. The van der Waals surface area contributed by atoms with Crippen molar-refractivity contribution in [3.63, 3.8) is 0 Å². The van der Waals surface area contributed by atoms with E-state index in [9.17, 15) is 18.4 Å². The van der Waals surface area contributed by atoms with Crippen LogP contribution in [0.15, 0.2) is 36.9 Å². The van der Waals surface area contributed by atoms with Crippen LogP contribution in [0.4, 0.5) is 14.6 Å². The van der Waals surface area contributed by atoms with Gasteiger partial charge in [0.25, 0.3) is 0 Å². The van der Waals surface area contributed by atoms with Gasteiger partial charge in [-0.2, -0.15) is 0 Å². The number of fused-ring (bicyclic) bond motifs is 1. The lowest BCUT2D eigenvalue weighted by Gasteiger charge is -2.49. The number of aromatic nitrogens is 5. The lowest BCUT2D eigenvalue weighted by Crippen LogP contribution is -2.64. The van der Waals surface area contributed by atoms with Gasteiger partial charge < -0.3 is 19.5 Å². The van der Waals surface area contributed by atoms with E-state index in [0.717, 1.165) is 30.8 Å². The topological polar surface area (TPSA) is 118 Å². The number of nitrogens with one attached hydrogen (secondary N) is 1. The SMILES string of the molecule is C[C@@H](C(=O)Nc1cnc(Oc2ccc(F)cc2F)cn1)N1CCN(C(=O)[C@@H]2CCc3nncn3C2)C(C)(C)C1. The monoisotopic (exact) mass is 540 g/mol. The molecule has 2 aliphatic heterocycles. The molecular formula is C26H30F2N8O3. The maximum Gasteiger partial charge on any atom is 0.242 e. The third-order valence-corrected chi connectivity index (χ3v) is 7.29. The maximum absolute atomic E-state index is 13.8. The summed E-state index contributed by atoms with van der Waals surface area (Å²) in [5.41, 5.74) is -0.467. The van der Waals surface area contributed by atoms with Gasteiger partial charge in [0.2, 0.25) is 17.7 Å². The third kappa shape index (κ3) is 5.72. The van der Waals surface area contributed by atoms with E-state index in [-0.39, 0.29) is 35.2 Å². The van der Waals surface area contributed by atoms with E-state index in [1.54, 1.807) is 13.3 Å².